The van der Waals surface area contributed by atoms with Crippen LogP contribution in [-0.4, -0.2) is 9.55 Å². The van der Waals surface area contributed by atoms with Gasteiger partial charge in [-0.1, -0.05) is 35.9 Å². The van der Waals surface area contributed by atoms with Crippen LogP contribution in [0.15, 0.2) is 52.9 Å². The number of hydrogen-bond donors (Lipinski definition) is 1. The molecule has 1 N–H and O–H groups in total. The van der Waals surface area contributed by atoms with E-state index in [0.717, 1.165) is 17.5 Å². The van der Waals surface area contributed by atoms with Crippen LogP contribution in [-0.2, 0) is 0 Å². The average Bonchev–Trinajstić information content (AvgIpc) is 2.66. The Morgan fingerprint density at radius 1 is 1.35 bits per heavy atom. The molecule has 1 heterocycles. The van der Waals surface area contributed by atoms with Crippen LogP contribution in [0.5, 0.6) is 0 Å². The van der Waals surface area contributed by atoms with Crippen molar-refractivity contribution in [2.24, 2.45) is 0 Å². The molecule has 3 nitrogen and oxygen atoms in total. The molecule has 1 aliphatic carbocycles. The first kappa shape index (κ1) is 10.1. The molecule has 1 unspecified atom stereocenters. The fourth-order valence-corrected chi connectivity index (χ4v) is 2.31. The van der Waals surface area contributed by atoms with Crippen LogP contribution in [0.4, 0.5) is 0 Å². The van der Waals surface area contributed by atoms with Crippen LogP contribution in [0.1, 0.15) is 19.4 Å². The Morgan fingerprint density at radius 2 is 2.18 bits per heavy atom. The maximum atomic E-state index is 12.0. The molecule has 0 radical (unpaired) electrons. The van der Waals surface area contributed by atoms with Crippen molar-refractivity contribution < 1.29 is 0 Å². The van der Waals surface area contributed by atoms with Crippen LogP contribution >= 0.6 is 0 Å². The highest BCUT2D eigenvalue weighted by molar-refractivity contribution is 5.75. The summed E-state index contributed by atoms with van der Waals surface area (Å²) in [5.41, 5.74) is 3.10. The molecular formula is C14H14N2O. The number of fused-ring (bicyclic) bond motifs is 1. The third-order valence-electron chi connectivity index (χ3n) is 3.22. The number of imidazole rings is 1. The van der Waals surface area contributed by atoms with Crippen molar-refractivity contribution in [1.82, 2.24) is 9.55 Å². The van der Waals surface area contributed by atoms with Crippen molar-refractivity contribution >= 4 is 11.0 Å². The van der Waals surface area contributed by atoms with E-state index in [1.54, 1.807) is 0 Å². The van der Waals surface area contributed by atoms with Crippen LogP contribution in [0, 0.1) is 0 Å². The standard InChI is InChI=1S/C14H14N2O/c1-10-6-8-11(9-7-10)16-13-5-3-2-4-12(13)15-14(16)17/h2-8,11H,9H2,1H3,(H,15,17). The van der Waals surface area contributed by atoms with Crippen molar-refractivity contribution in [2.75, 3.05) is 0 Å². The molecule has 17 heavy (non-hydrogen) atoms. The minimum atomic E-state index is -0.0335. The summed E-state index contributed by atoms with van der Waals surface area (Å²) in [5, 5.41) is 0. The van der Waals surface area contributed by atoms with E-state index in [9.17, 15) is 4.79 Å². The van der Waals surface area contributed by atoms with E-state index in [0.29, 0.717) is 0 Å². The lowest BCUT2D eigenvalue weighted by molar-refractivity contribution is 0.602. The first-order valence-electron chi connectivity index (χ1n) is 5.80. The van der Waals surface area contributed by atoms with Gasteiger partial charge in [0, 0.05) is 0 Å². The van der Waals surface area contributed by atoms with Crippen LogP contribution < -0.4 is 5.69 Å². The first-order chi connectivity index (χ1) is 8.25. The van der Waals surface area contributed by atoms with Gasteiger partial charge in [0.2, 0.25) is 0 Å². The number of rotatable bonds is 1. The lowest BCUT2D eigenvalue weighted by atomic mass is 10.0. The van der Waals surface area contributed by atoms with Gasteiger partial charge in [-0.2, -0.15) is 0 Å². The van der Waals surface area contributed by atoms with Gasteiger partial charge >= 0.3 is 5.69 Å². The molecule has 2 aromatic rings. The van der Waals surface area contributed by atoms with Gasteiger partial charge in [-0.05, 0) is 25.5 Å². The number of aromatic amines is 1. The van der Waals surface area contributed by atoms with Gasteiger partial charge in [0.1, 0.15) is 0 Å². The molecule has 0 aliphatic heterocycles. The molecular weight excluding hydrogens is 212 g/mol. The number of hydrogen-bond acceptors (Lipinski definition) is 1. The second kappa shape index (κ2) is 3.77. The lowest BCUT2D eigenvalue weighted by Gasteiger charge is -2.16. The van der Waals surface area contributed by atoms with Crippen LogP contribution in [0.25, 0.3) is 11.0 Å². The summed E-state index contributed by atoms with van der Waals surface area (Å²) in [6, 6.07) is 7.93. The molecule has 0 spiro atoms. The second-order valence-corrected chi connectivity index (χ2v) is 4.43. The predicted molar refractivity (Wildman–Crippen MR) is 69.1 cm³/mol. The normalized spacial score (nSPS) is 19.6. The van der Waals surface area contributed by atoms with Gasteiger partial charge in [0.15, 0.2) is 0 Å². The zero-order valence-corrected chi connectivity index (χ0v) is 9.68. The van der Waals surface area contributed by atoms with Crippen molar-refractivity contribution in [2.45, 2.75) is 19.4 Å². The van der Waals surface area contributed by atoms with Crippen LogP contribution in [0.3, 0.4) is 0 Å². The maximum Gasteiger partial charge on any atom is 0.327 e. The van der Waals surface area contributed by atoms with Crippen molar-refractivity contribution in [1.29, 1.82) is 0 Å². The highest BCUT2D eigenvalue weighted by Gasteiger charge is 2.15. The Bertz CT molecular complexity index is 673. The quantitative estimate of drug-likeness (QED) is 0.797. The highest BCUT2D eigenvalue weighted by Crippen LogP contribution is 2.23. The molecule has 0 amide bonds. The van der Waals surface area contributed by atoms with E-state index in [1.807, 2.05) is 28.8 Å². The SMILES string of the molecule is CC1=CCC(n2c(=O)[nH]c3ccccc32)C=C1. The van der Waals surface area contributed by atoms with E-state index in [1.165, 1.54) is 5.57 Å². The topological polar surface area (TPSA) is 37.8 Å². The Labute approximate surface area is 99.1 Å². The van der Waals surface area contributed by atoms with Crippen molar-refractivity contribution in [3.63, 3.8) is 0 Å². The summed E-state index contributed by atoms with van der Waals surface area (Å²) in [6.45, 7) is 2.07. The average molecular weight is 226 g/mol. The first-order valence-corrected chi connectivity index (χ1v) is 5.80. The molecule has 3 heteroatoms. The van der Waals surface area contributed by atoms with Gasteiger partial charge < -0.3 is 4.98 Å². The van der Waals surface area contributed by atoms with Crippen LogP contribution in [0.2, 0.25) is 0 Å². The molecule has 1 aliphatic rings. The van der Waals surface area contributed by atoms with Gasteiger partial charge in [-0.15, -0.1) is 0 Å². The Hall–Kier alpha value is -2.03. The van der Waals surface area contributed by atoms with Gasteiger partial charge in [0.25, 0.3) is 0 Å². The number of nitrogens with one attached hydrogen (secondary N) is 1. The molecule has 3 rings (SSSR count). The molecule has 0 saturated carbocycles. The molecule has 86 valence electrons. The third kappa shape index (κ3) is 1.64. The number of para-hydroxylation sites is 2. The van der Waals surface area contributed by atoms with E-state index >= 15 is 0 Å². The molecule has 1 aromatic heterocycles. The summed E-state index contributed by atoms with van der Waals surface area (Å²) >= 11 is 0. The monoisotopic (exact) mass is 226 g/mol. The summed E-state index contributed by atoms with van der Waals surface area (Å²) < 4.78 is 1.83. The summed E-state index contributed by atoms with van der Waals surface area (Å²) in [6.07, 6.45) is 7.21. The molecule has 0 fully saturated rings. The fraction of sp³-hybridized carbons (Fsp3) is 0.214. The fourth-order valence-electron chi connectivity index (χ4n) is 2.31. The predicted octanol–water partition coefficient (Wildman–Crippen LogP) is 2.78. The molecule has 0 saturated heterocycles. The van der Waals surface area contributed by atoms with Gasteiger partial charge in [0.05, 0.1) is 17.1 Å². The van der Waals surface area contributed by atoms with Crippen molar-refractivity contribution in [3.8, 4) is 0 Å². The molecule has 0 bridgehead atoms. The Kier molecular flexibility index (Phi) is 2.25. The molecule has 1 aromatic carbocycles. The van der Waals surface area contributed by atoms with Crippen molar-refractivity contribution in [3.05, 3.63) is 58.6 Å². The minimum absolute atomic E-state index is 0.0335. The molecule has 1 atom stereocenters. The number of nitrogens with zero attached hydrogens (tertiary/aromatic N) is 1. The van der Waals surface area contributed by atoms with Gasteiger partial charge in [-0.25, -0.2) is 4.79 Å². The van der Waals surface area contributed by atoms with E-state index in [-0.39, 0.29) is 11.7 Å². The third-order valence-corrected chi connectivity index (χ3v) is 3.22. The second-order valence-electron chi connectivity index (χ2n) is 4.43. The number of allylic oxidation sites excluding steroid dienone is 4. The van der Waals surface area contributed by atoms with Gasteiger partial charge in [-0.3, -0.25) is 4.57 Å². The lowest BCUT2D eigenvalue weighted by Crippen LogP contribution is -2.21. The van der Waals surface area contributed by atoms with E-state index in [2.05, 4.69) is 30.1 Å². The number of aromatic nitrogens is 2. The van der Waals surface area contributed by atoms with E-state index in [4.69, 9.17) is 0 Å². The summed E-state index contributed by atoms with van der Waals surface area (Å²) in [4.78, 5) is 14.9. The zero-order chi connectivity index (χ0) is 11.8. The zero-order valence-electron chi connectivity index (χ0n) is 9.68. The Balaban J connectivity index is 2.15. The minimum Gasteiger partial charge on any atom is -0.306 e. The largest absolute Gasteiger partial charge is 0.327 e. The smallest absolute Gasteiger partial charge is 0.306 e. The Morgan fingerprint density at radius 3 is 2.94 bits per heavy atom. The maximum absolute atomic E-state index is 12.0. The number of benzene rings is 1. The summed E-state index contributed by atoms with van der Waals surface area (Å²) in [7, 11) is 0. The number of H-pyrrole nitrogens is 1. The summed E-state index contributed by atoms with van der Waals surface area (Å²) in [5.74, 6) is 0. The highest BCUT2D eigenvalue weighted by atomic mass is 16.1. The van der Waals surface area contributed by atoms with E-state index < -0.39 is 0 Å².